The molecule has 0 aliphatic rings. The number of thiophene rings is 1. The van der Waals surface area contributed by atoms with Gasteiger partial charge in [0.2, 0.25) is 0 Å². The molecule has 7 heteroatoms. The quantitative estimate of drug-likeness (QED) is 0.889. The minimum absolute atomic E-state index is 0.130. The lowest BCUT2D eigenvalue weighted by Crippen LogP contribution is -2.20. The number of hydrogen-bond donors (Lipinski definition) is 2. The fourth-order valence-corrected chi connectivity index (χ4v) is 2.08. The number of halogens is 1. The summed E-state index contributed by atoms with van der Waals surface area (Å²) in [6, 6.07) is 6.82. The highest BCUT2D eigenvalue weighted by Crippen LogP contribution is 2.21. The summed E-state index contributed by atoms with van der Waals surface area (Å²) in [5.41, 5.74) is 0.329. The van der Waals surface area contributed by atoms with Crippen LogP contribution in [0.3, 0.4) is 0 Å². The SMILES string of the molecule is O=C(COc1csc(C(=O)O)c1)Nc1cccc(F)c1. The predicted molar refractivity (Wildman–Crippen MR) is 71.8 cm³/mol. The third-order valence-electron chi connectivity index (χ3n) is 2.26. The van der Waals surface area contributed by atoms with Crippen molar-refractivity contribution in [2.24, 2.45) is 0 Å². The van der Waals surface area contributed by atoms with E-state index in [1.807, 2.05) is 0 Å². The van der Waals surface area contributed by atoms with E-state index in [1.165, 1.54) is 29.6 Å². The molecule has 2 rings (SSSR count). The average molecular weight is 295 g/mol. The monoisotopic (exact) mass is 295 g/mol. The molecule has 1 aromatic heterocycles. The number of nitrogens with one attached hydrogen (secondary N) is 1. The van der Waals surface area contributed by atoms with Crippen LogP contribution in [0.25, 0.3) is 0 Å². The molecular weight excluding hydrogens is 285 g/mol. The first-order valence-electron chi connectivity index (χ1n) is 5.54. The van der Waals surface area contributed by atoms with E-state index in [0.29, 0.717) is 11.4 Å². The molecule has 0 radical (unpaired) electrons. The van der Waals surface area contributed by atoms with Gasteiger partial charge in [-0.25, -0.2) is 9.18 Å². The molecule has 1 heterocycles. The Bertz CT molecular complexity index is 641. The van der Waals surface area contributed by atoms with E-state index in [1.54, 1.807) is 6.07 Å². The average Bonchev–Trinajstić information content (AvgIpc) is 2.85. The number of carbonyl (C=O) groups is 2. The molecular formula is C13H10FNO4S. The second kappa shape index (κ2) is 6.16. The molecule has 1 aromatic carbocycles. The van der Waals surface area contributed by atoms with Crippen LogP contribution in [0.4, 0.5) is 10.1 Å². The van der Waals surface area contributed by atoms with Gasteiger partial charge in [-0.1, -0.05) is 6.07 Å². The van der Waals surface area contributed by atoms with Crippen LogP contribution in [0, 0.1) is 5.82 Å². The largest absolute Gasteiger partial charge is 0.483 e. The van der Waals surface area contributed by atoms with Gasteiger partial charge in [-0.2, -0.15) is 0 Å². The van der Waals surface area contributed by atoms with E-state index in [0.717, 1.165) is 11.3 Å². The van der Waals surface area contributed by atoms with Gasteiger partial charge in [0.1, 0.15) is 16.4 Å². The summed E-state index contributed by atoms with van der Waals surface area (Å²) in [5, 5.41) is 12.7. The first-order valence-corrected chi connectivity index (χ1v) is 6.42. The van der Waals surface area contributed by atoms with Crippen molar-refractivity contribution in [1.82, 2.24) is 0 Å². The van der Waals surface area contributed by atoms with Crippen LogP contribution in [0.15, 0.2) is 35.7 Å². The maximum atomic E-state index is 12.9. The van der Waals surface area contributed by atoms with Crippen molar-refractivity contribution in [1.29, 1.82) is 0 Å². The Hall–Kier alpha value is -2.41. The molecule has 104 valence electrons. The first kappa shape index (κ1) is 14.0. The summed E-state index contributed by atoms with van der Waals surface area (Å²) in [5.74, 6) is -1.65. The Morgan fingerprint density at radius 2 is 2.15 bits per heavy atom. The van der Waals surface area contributed by atoms with Crippen LogP contribution < -0.4 is 10.1 Å². The van der Waals surface area contributed by atoms with E-state index in [-0.39, 0.29) is 11.5 Å². The van der Waals surface area contributed by atoms with Gasteiger partial charge in [0.05, 0.1) is 0 Å². The van der Waals surface area contributed by atoms with Crippen LogP contribution >= 0.6 is 11.3 Å². The molecule has 0 fully saturated rings. The topological polar surface area (TPSA) is 75.6 Å². The van der Waals surface area contributed by atoms with E-state index >= 15 is 0 Å². The Morgan fingerprint density at radius 3 is 2.80 bits per heavy atom. The van der Waals surface area contributed by atoms with Crippen LogP contribution in [0.1, 0.15) is 9.67 Å². The maximum absolute atomic E-state index is 12.9. The van der Waals surface area contributed by atoms with Crippen LogP contribution in [-0.4, -0.2) is 23.6 Å². The van der Waals surface area contributed by atoms with Crippen molar-refractivity contribution in [3.8, 4) is 5.75 Å². The molecule has 2 aromatic rings. The summed E-state index contributed by atoms with van der Waals surface area (Å²) in [7, 11) is 0. The van der Waals surface area contributed by atoms with Gasteiger partial charge in [-0.3, -0.25) is 4.79 Å². The number of hydrogen-bond acceptors (Lipinski definition) is 4. The normalized spacial score (nSPS) is 10.1. The molecule has 2 N–H and O–H groups in total. The third-order valence-corrected chi connectivity index (χ3v) is 3.16. The summed E-state index contributed by atoms with van der Waals surface area (Å²) >= 11 is 1.01. The van der Waals surface area contributed by atoms with Crippen LogP contribution in [0.2, 0.25) is 0 Å². The summed E-state index contributed by atoms with van der Waals surface area (Å²) in [6.45, 7) is -0.285. The summed E-state index contributed by atoms with van der Waals surface area (Å²) in [6.07, 6.45) is 0. The van der Waals surface area contributed by atoms with Crippen molar-refractivity contribution in [3.63, 3.8) is 0 Å². The molecule has 0 spiro atoms. The number of ether oxygens (including phenoxy) is 1. The van der Waals surface area contributed by atoms with Crippen LogP contribution in [-0.2, 0) is 4.79 Å². The third kappa shape index (κ3) is 3.79. The number of carbonyl (C=O) groups excluding carboxylic acids is 1. The molecule has 0 saturated carbocycles. The van der Waals surface area contributed by atoms with Gasteiger partial charge in [-0.05, 0) is 18.2 Å². The molecule has 1 amide bonds. The van der Waals surface area contributed by atoms with Gasteiger partial charge >= 0.3 is 5.97 Å². The van der Waals surface area contributed by atoms with Gasteiger partial charge < -0.3 is 15.2 Å². The smallest absolute Gasteiger partial charge is 0.346 e. The van der Waals surface area contributed by atoms with Crippen LogP contribution in [0.5, 0.6) is 5.75 Å². The zero-order valence-electron chi connectivity index (χ0n) is 10.1. The van der Waals surface area contributed by atoms with E-state index in [9.17, 15) is 14.0 Å². The summed E-state index contributed by atoms with van der Waals surface area (Å²) in [4.78, 5) is 22.4. The molecule has 0 saturated heterocycles. The highest BCUT2D eigenvalue weighted by molar-refractivity contribution is 7.12. The maximum Gasteiger partial charge on any atom is 0.346 e. The van der Waals surface area contributed by atoms with E-state index < -0.39 is 17.7 Å². The summed E-state index contributed by atoms with van der Waals surface area (Å²) < 4.78 is 18.1. The number of benzene rings is 1. The Labute approximate surface area is 117 Å². The van der Waals surface area contributed by atoms with E-state index in [4.69, 9.17) is 9.84 Å². The molecule has 0 unspecified atom stereocenters. The number of amides is 1. The van der Waals surface area contributed by atoms with Crippen molar-refractivity contribution in [2.75, 3.05) is 11.9 Å². The first-order chi connectivity index (χ1) is 9.54. The number of carboxylic acid groups (broad SMARTS) is 1. The molecule has 5 nitrogen and oxygen atoms in total. The zero-order valence-corrected chi connectivity index (χ0v) is 10.9. The molecule has 20 heavy (non-hydrogen) atoms. The van der Waals surface area contributed by atoms with Crippen molar-refractivity contribution < 1.29 is 23.8 Å². The van der Waals surface area contributed by atoms with Gasteiger partial charge in [0.15, 0.2) is 6.61 Å². The second-order valence-electron chi connectivity index (χ2n) is 3.80. The fourth-order valence-electron chi connectivity index (χ4n) is 1.42. The second-order valence-corrected chi connectivity index (χ2v) is 4.71. The van der Waals surface area contributed by atoms with Crippen molar-refractivity contribution in [2.45, 2.75) is 0 Å². The van der Waals surface area contributed by atoms with Crippen molar-refractivity contribution in [3.05, 3.63) is 46.4 Å². The minimum atomic E-state index is -1.05. The number of rotatable bonds is 5. The number of aromatic carboxylic acids is 1. The Balaban J connectivity index is 1.87. The fraction of sp³-hybridized carbons (Fsp3) is 0.0769. The number of anilines is 1. The number of carboxylic acids is 1. The van der Waals surface area contributed by atoms with Gasteiger partial charge in [-0.15, -0.1) is 11.3 Å². The Kier molecular flexibility index (Phi) is 4.31. The lowest BCUT2D eigenvalue weighted by Gasteiger charge is -2.06. The highest BCUT2D eigenvalue weighted by atomic mass is 32.1. The minimum Gasteiger partial charge on any atom is -0.483 e. The zero-order chi connectivity index (χ0) is 14.5. The Morgan fingerprint density at radius 1 is 1.35 bits per heavy atom. The lowest BCUT2D eigenvalue weighted by atomic mass is 10.3. The molecule has 0 aliphatic heterocycles. The molecule has 0 aliphatic carbocycles. The predicted octanol–water partition coefficient (Wildman–Crippen LogP) is 2.60. The van der Waals surface area contributed by atoms with Crippen molar-refractivity contribution >= 4 is 28.9 Å². The van der Waals surface area contributed by atoms with Gasteiger partial charge in [0.25, 0.3) is 5.91 Å². The van der Waals surface area contributed by atoms with Gasteiger partial charge in [0, 0.05) is 17.1 Å². The molecule has 0 bridgehead atoms. The van der Waals surface area contributed by atoms with E-state index in [2.05, 4.69) is 5.32 Å². The molecule has 0 atom stereocenters. The lowest BCUT2D eigenvalue weighted by molar-refractivity contribution is -0.118. The highest BCUT2D eigenvalue weighted by Gasteiger charge is 2.09. The standard InChI is InChI=1S/C13H10FNO4S/c14-8-2-1-3-9(4-8)15-12(16)6-19-10-5-11(13(17)18)20-7-10/h1-5,7H,6H2,(H,15,16)(H,17,18).